The third kappa shape index (κ3) is 4.98. The molecule has 2 heterocycles. The Bertz CT molecular complexity index is 1080. The van der Waals surface area contributed by atoms with Gasteiger partial charge in [-0.3, -0.25) is 0 Å². The van der Waals surface area contributed by atoms with E-state index in [0.717, 1.165) is 18.5 Å². The van der Waals surface area contributed by atoms with Gasteiger partial charge in [-0.25, -0.2) is 4.98 Å². The first-order valence-electron chi connectivity index (χ1n) is 11.7. The second-order valence-electron chi connectivity index (χ2n) is 9.01. The number of fused-ring (bicyclic) bond motifs is 1. The van der Waals surface area contributed by atoms with Crippen molar-refractivity contribution >= 4 is 22.9 Å². The van der Waals surface area contributed by atoms with E-state index in [1.165, 1.54) is 26.4 Å². The molecule has 4 rings (SSSR count). The van der Waals surface area contributed by atoms with Gasteiger partial charge in [0.25, 0.3) is 0 Å². The van der Waals surface area contributed by atoms with Crippen LogP contribution in [-0.2, 0) is 6.54 Å². The van der Waals surface area contributed by atoms with E-state index in [9.17, 15) is 10.2 Å². The predicted octanol–water partition coefficient (Wildman–Crippen LogP) is 4.09. The van der Waals surface area contributed by atoms with Gasteiger partial charge in [0.2, 0.25) is 5.95 Å². The number of anilines is 2. The van der Waals surface area contributed by atoms with Crippen LogP contribution in [0.5, 0.6) is 11.5 Å². The van der Waals surface area contributed by atoms with Crippen LogP contribution in [0.3, 0.4) is 0 Å². The average molecular weight is 455 g/mol. The van der Waals surface area contributed by atoms with Crippen molar-refractivity contribution in [2.24, 2.45) is 5.92 Å². The first-order chi connectivity index (χ1) is 16.0. The first kappa shape index (κ1) is 23.1. The van der Waals surface area contributed by atoms with Crippen molar-refractivity contribution in [2.45, 2.75) is 64.6 Å². The highest BCUT2D eigenvalue weighted by atomic mass is 16.5. The highest BCUT2D eigenvalue weighted by Gasteiger charge is 2.22. The number of ether oxygens (including phenoxy) is 1. The quantitative estimate of drug-likeness (QED) is 0.382. The molecule has 0 aliphatic heterocycles. The maximum Gasteiger partial charge on any atom is 0.227 e. The molecule has 178 valence electrons. The van der Waals surface area contributed by atoms with Crippen molar-refractivity contribution in [3.8, 4) is 11.5 Å². The minimum Gasteiger partial charge on any atom is -0.504 e. The highest BCUT2D eigenvalue weighted by Crippen LogP contribution is 2.33. The topological polar surface area (TPSA) is 117 Å². The fourth-order valence-electron chi connectivity index (χ4n) is 4.37. The van der Waals surface area contributed by atoms with E-state index in [4.69, 9.17) is 9.72 Å². The molecule has 33 heavy (non-hydrogen) atoms. The van der Waals surface area contributed by atoms with E-state index in [2.05, 4.69) is 25.2 Å². The second kappa shape index (κ2) is 10.2. The Hall–Kier alpha value is -3.07. The van der Waals surface area contributed by atoms with E-state index >= 15 is 0 Å². The second-order valence-corrected chi connectivity index (χ2v) is 9.01. The lowest BCUT2D eigenvalue weighted by Gasteiger charge is -2.24. The van der Waals surface area contributed by atoms with Gasteiger partial charge in [-0.2, -0.15) is 9.97 Å². The molecule has 1 saturated carbocycles. The summed E-state index contributed by atoms with van der Waals surface area (Å²) in [5, 5.41) is 26.9. The number of methoxy groups -OCH3 is 1. The molecule has 1 aliphatic rings. The van der Waals surface area contributed by atoms with Crippen LogP contribution in [0, 0.1) is 5.92 Å². The van der Waals surface area contributed by atoms with Crippen molar-refractivity contribution < 1.29 is 14.9 Å². The Morgan fingerprint density at radius 2 is 1.97 bits per heavy atom. The van der Waals surface area contributed by atoms with Crippen molar-refractivity contribution in [2.75, 3.05) is 24.4 Å². The summed E-state index contributed by atoms with van der Waals surface area (Å²) in [4.78, 5) is 14.1. The molecule has 3 aromatic rings. The molecule has 9 heteroatoms. The third-order valence-corrected chi connectivity index (χ3v) is 6.45. The molecular weight excluding hydrogens is 420 g/mol. The van der Waals surface area contributed by atoms with Crippen LogP contribution in [-0.4, -0.2) is 49.5 Å². The monoisotopic (exact) mass is 454 g/mol. The Morgan fingerprint density at radius 1 is 1.18 bits per heavy atom. The van der Waals surface area contributed by atoms with Gasteiger partial charge in [0.15, 0.2) is 28.5 Å². The summed E-state index contributed by atoms with van der Waals surface area (Å²) in [6.07, 6.45) is 7.78. The molecular formula is C24H34N6O3. The first-order valence-corrected chi connectivity index (χ1v) is 11.7. The normalized spacial score (nSPS) is 15.7. The van der Waals surface area contributed by atoms with Crippen LogP contribution in [0.4, 0.5) is 11.8 Å². The molecule has 1 atom stereocenters. The van der Waals surface area contributed by atoms with Gasteiger partial charge in [0, 0.05) is 18.2 Å². The summed E-state index contributed by atoms with van der Waals surface area (Å²) in [5.41, 5.74) is 2.16. The zero-order valence-corrected chi connectivity index (χ0v) is 19.6. The molecule has 1 aromatic carbocycles. The summed E-state index contributed by atoms with van der Waals surface area (Å²) in [5.74, 6) is 1.77. The largest absolute Gasteiger partial charge is 0.504 e. The number of aromatic nitrogens is 4. The molecule has 0 bridgehead atoms. The van der Waals surface area contributed by atoms with Crippen molar-refractivity contribution in [3.63, 3.8) is 0 Å². The van der Waals surface area contributed by atoms with Crippen molar-refractivity contribution in [1.29, 1.82) is 0 Å². The zero-order chi connectivity index (χ0) is 23.4. The van der Waals surface area contributed by atoms with Crippen LogP contribution in [0.1, 0.15) is 57.6 Å². The molecule has 1 unspecified atom stereocenters. The molecule has 0 saturated heterocycles. The lowest BCUT2D eigenvalue weighted by Crippen LogP contribution is -2.30. The average Bonchev–Trinajstić information content (AvgIpc) is 3.26. The molecule has 1 aliphatic carbocycles. The van der Waals surface area contributed by atoms with Crippen LogP contribution in [0.15, 0.2) is 24.5 Å². The number of aliphatic hydroxyl groups is 1. The van der Waals surface area contributed by atoms with E-state index in [1.54, 1.807) is 6.07 Å². The minimum absolute atomic E-state index is 0.0125. The number of benzene rings is 1. The summed E-state index contributed by atoms with van der Waals surface area (Å²) >= 11 is 0. The Morgan fingerprint density at radius 3 is 2.67 bits per heavy atom. The Labute approximate surface area is 194 Å². The smallest absolute Gasteiger partial charge is 0.227 e. The highest BCUT2D eigenvalue weighted by molar-refractivity contribution is 5.84. The number of imidazole rings is 1. The molecule has 0 radical (unpaired) electrons. The van der Waals surface area contributed by atoms with Gasteiger partial charge in [0.05, 0.1) is 26.1 Å². The molecule has 2 aromatic heterocycles. The van der Waals surface area contributed by atoms with Gasteiger partial charge >= 0.3 is 0 Å². The summed E-state index contributed by atoms with van der Waals surface area (Å²) in [6.45, 7) is 4.42. The molecule has 0 spiro atoms. The van der Waals surface area contributed by atoms with Gasteiger partial charge in [-0.05, 0) is 24.8 Å². The van der Waals surface area contributed by atoms with Crippen molar-refractivity contribution in [3.05, 3.63) is 30.1 Å². The van der Waals surface area contributed by atoms with Gasteiger partial charge < -0.3 is 30.2 Å². The SMILES string of the molecule is COc1cccc(CNc2nc(NC(CO)C(C)C)nc3c2ncn3C2CCCCC2)c1O. The number of para-hydroxylation sites is 1. The van der Waals surface area contributed by atoms with Crippen LogP contribution < -0.4 is 15.4 Å². The maximum atomic E-state index is 10.5. The lowest BCUT2D eigenvalue weighted by atomic mass is 9.95. The fraction of sp³-hybridized carbons (Fsp3) is 0.542. The molecule has 4 N–H and O–H groups in total. The summed E-state index contributed by atoms with van der Waals surface area (Å²) in [7, 11) is 1.53. The van der Waals surface area contributed by atoms with E-state index in [-0.39, 0.29) is 24.3 Å². The van der Waals surface area contributed by atoms with Crippen LogP contribution in [0.25, 0.3) is 11.2 Å². The van der Waals surface area contributed by atoms with Crippen LogP contribution >= 0.6 is 0 Å². The lowest BCUT2D eigenvalue weighted by molar-refractivity contribution is 0.248. The standard InChI is InChI=1S/C24H34N6O3/c1-15(2)18(13-31)27-24-28-22(25-12-16-8-7-11-19(33-3)21(16)32)20-23(29-24)30(14-26-20)17-9-5-4-6-10-17/h7-8,11,14-15,17-18,31-32H,4-6,9-10,12-13H2,1-3H3,(H2,25,27,28,29). The number of nitrogens with zero attached hydrogens (tertiary/aromatic N) is 4. The van der Waals surface area contributed by atoms with Gasteiger partial charge in [0.1, 0.15) is 0 Å². The minimum atomic E-state index is -0.163. The van der Waals surface area contributed by atoms with E-state index in [1.807, 2.05) is 32.3 Å². The number of aromatic hydroxyl groups is 1. The Kier molecular flexibility index (Phi) is 7.17. The number of phenols is 1. The Balaban J connectivity index is 1.69. The number of hydrogen-bond acceptors (Lipinski definition) is 8. The van der Waals surface area contributed by atoms with Crippen LogP contribution in [0.2, 0.25) is 0 Å². The number of nitrogens with one attached hydrogen (secondary N) is 2. The summed E-state index contributed by atoms with van der Waals surface area (Å²) in [6, 6.07) is 5.61. The maximum absolute atomic E-state index is 10.5. The van der Waals surface area contributed by atoms with E-state index in [0.29, 0.717) is 41.2 Å². The van der Waals surface area contributed by atoms with Gasteiger partial charge in [-0.1, -0.05) is 45.2 Å². The number of rotatable bonds is 9. The number of phenolic OH excluding ortho intramolecular Hbond substituents is 1. The summed E-state index contributed by atoms with van der Waals surface area (Å²) < 4.78 is 7.39. The molecule has 1 fully saturated rings. The molecule has 0 amide bonds. The van der Waals surface area contributed by atoms with Gasteiger partial charge in [-0.15, -0.1) is 0 Å². The predicted molar refractivity (Wildman–Crippen MR) is 129 cm³/mol. The van der Waals surface area contributed by atoms with E-state index < -0.39 is 0 Å². The van der Waals surface area contributed by atoms with Crippen molar-refractivity contribution in [1.82, 2.24) is 19.5 Å². The zero-order valence-electron chi connectivity index (χ0n) is 19.6. The number of hydrogen-bond donors (Lipinski definition) is 4. The fourth-order valence-corrected chi connectivity index (χ4v) is 4.37. The number of aliphatic hydroxyl groups excluding tert-OH is 1. The molecule has 9 nitrogen and oxygen atoms in total. The third-order valence-electron chi connectivity index (χ3n) is 6.45.